The highest BCUT2D eigenvalue weighted by Crippen LogP contribution is 2.26. The van der Waals surface area contributed by atoms with Crippen molar-refractivity contribution in [1.29, 1.82) is 0 Å². The van der Waals surface area contributed by atoms with Gasteiger partial charge in [0.15, 0.2) is 0 Å². The van der Waals surface area contributed by atoms with Crippen molar-refractivity contribution in [3.8, 4) is 11.1 Å². The minimum absolute atomic E-state index is 0.124. The first kappa shape index (κ1) is 14.7. The lowest BCUT2D eigenvalue weighted by Gasteiger charge is -2.19. The molecule has 1 aromatic carbocycles. The Labute approximate surface area is 119 Å². The zero-order valence-electron chi connectivity index (χ0n) is 12.2. The van der Waals surface area contributed by atoms with Crippen molar-refractivity contribution >= 4 is 0 Å². The Morgan fingerprint density at radius 1 is 0.850 bits per heavy atom. The van der Waals surface area contributed by atoms with Crippen molar-refractivity contribution in [2.24, 2.45) is 0 Å². The van der Waals surface area contributed by atoms with E-state index in [2.05, 4.69) is 50.0 Å². The highest BCUT2D eigenvalue weighted by Gasteiger charge is 2.13. The van der Waals surface area contributed by atoms with E-state index in [1.807, 2.05) is 12.1 Å². The summed E-state index contributed by atoms with van der Waals surface area (Å²) in [7, 11) is 0. The second kappa shape index (κ2) is 5.73. The number of nitrogens with zero attached hydrogens (tertiary/aromatic N) is 1. The van der Waals surface area contributed by atoms with Crippen LogP contribution in [0.2, 0.25) is 0 Å². The average molecular weight is 271 g/mol. The molecular weight excluding hydrogens is 250 g/mol. The highest BCUT2D eigenvalue weighted by atomic mass is 16.3. The van der Waals surface area contributed by atoms with Gasteiger partial charge in [0.25, 0.3) is 0 Å². The quantitative estimate of drug-likeness (QED) is 0.902. The van der Waals surface area contributed by atoms with Crippen LogP contribution in [-0.2, 0) is 18.6 Å². The van der Waals surface area contributed by atoms with E-state index in [4.69, 9.17) is 0 Å². The number of hydrogen-bond donors (Lipinski definition) is 2. The van der Waals surface area contributed by atoms with Crippen molar-refractivity contribution in [2.45, 2.75) is 39.4 Å². The third-order valence-corrected chi connectivity index (χ3v) is 3.34. The minimum atomic E-state index is -0.124. The SMILES string of the molecule is CC(C)(C)c1ccc(-c2cc(CO)nc(CO)c2)cc1. The minimum Gasteiger partial charge on any atom is -0.390 e. The van der Waals surface area contributed by atoms with Crippen molar-refractivity contribution in [3.05, 3.63) is 53.3 Å². The Hall–Kier alpha value is -1.71. The summed E-state index contributed by atoms with van der Waals surface area (Å²) in [6, 6.07) is 12.1. The molecule has 2 N–H and O–H groups in total. The van der Waals surface area contributed by atoms with Crippen LogP contribution in [-0.4, -0.2) is 15.2 Å². The lowest BCUT2D eigenvalue weighted by Crippen LogP contribution is -2.10. The predicted molar refractivity (Wildman–Crippen MR) is 80.2 cm³/mol. The van der Waals surface area contributed by atoms with Crippen molar-refractivity contribution in [2.75, 3.05) is 0 Å². The number of pyridine rings is 1. The van der Waals surface area contributed by atoms with Crippen LogP contribution in [0.1, 0.15) is 37.7 Å². The maximum absolute atomic E-state index is 9.24. The fourth-order valence-corrected chi connectivity index (χ4v) is 2.14. The summed E-state index contributed by atoms with van der Waals surface area (Å²) in [5.74, 6) is 0. The molecule has 0 unspecified atom stereocenters. The molecule has 0 aliphatic heterocycles. The third-order valence-electron chi connectivity index (χ3n) is 3.34. The molecule has 2 aromatic rings. The number of aliphatic hydroxyl groups is 2. The van der Waals surface area contributed by atoms with Gasteiger partial charge in [-0.2, -0.15) is 0 Å². The van der Waals surface area contributed by atoms with E-state index in [0.717, 1.165) is 11.1 Å². The normalized spacial score (nSPS) is 11.7. The van der Waals surface area contributed by atoms with Crippen LogP contribution in [0, 0.1) is 0 Å². The summed E-state index contributed by atoms with van der Waals surface area (Å²) in [5.41, 5.74) is 4.58. The van der Waals surface area contributed by atoms with Crippen LogP contribution in [0.5, 0.6) is 0 Å². The fraction of sp³-hybridized carbons (Fsp3) is 0.353. The van der Waals surface area contributed by atoms with Gasteiger partial charge in [0.2, 0.25) is 0 Å². The molecule has 3 nitrogen and oxygen atoms in total. The maximum Gasteiger partial charge on any atom is 0.0853 e. The molecule has 0 saturated carbocycles. The fourth-order valence-electron chi connectivity index (χ4n) is 2.14. The van der Waals surface area contributed by atoms with E-state index in [1.54, 1.807) is 0 Å². The van der Waals surface area contributed by atoms with Crippen LogP contribution in [0.3, 0.4) is 0 Å². The van der Waals surface area contributed by atoms with Gasteiger partial charge < -0.3 is 10.2 Å². The first-order chi connectivity index (χ1) is 9.44. The largest absolute Gasteiger partial charge is 0.390 e. The summed E-state index contributed by atoms with van der Waals surface area (Å²) < 4.78 is 0. The van der Waals surface area contributed by atoms with Crippen LogP contribution in [0.4, 0.5) is 0 Å². The van der Waals surface area contributed by atoms with E-state index in [1.165, 1.54) is 5.56 Å². The van der Waals surface area contributed by atoms with Gasteiger partial charge in [0, 0.05) is 0 Å². The zero-order chi connectivity index (χ0) is 14.8. The summed E-state index contributed by atoms with van der Waals surface area (Å²) in [5, 5.41) is 18.5. The number of aliphatic hydroxyl groups excluding tert-OH is 2. The summed E-state index contributed by atoms with van der Waals surface area (Å²) in [4.78, 5) is 4.15. The number of rotatable bonds is 3. The second-order valence-electron chi connectivity index (χ2n) is 5.98. The molecule has 1 heterocycles. The molecule has 0 amide bonds. The van der Waals surface area contributed by atoms with Crippen LogP contribution in [0.25, 0.3) is 11.1 Å². The molecule has 20 heavy (non-hydrogen) atoms. The second-order valence-corrected chi connectivity index (χ2v) is 5.98. The average Bonchev–Trinajstić information content (AvgIpc) is 2.46. The number of aromatic nitrogens is 1. The topological polar surface area (TPSA) is 53.4 Å². The lowest BCUT2D eigenvalue weighted by molar-refractivity contribution is 0.265. The van der Waals surface area contributed by atoms with Crippen molar-refractivity contribution < 1.29 is 10.2 Å². The van der Waals surface area contributed by atoms with Gasteiger partial charge in [-0.15, -0.1) is 0 Å². The molecule has 0 spiro atoms. The van der Waals surface area contributed by atoms with Gasteiger partial charge in [0.05, 0.1) is 24.6 Å². The molecule has 0 radical (unpaired) electrons. The van der Waals surface area contributed by atoms with Crippen LogP contribution in [0.15, 0.2) is 36.4 Å². The molecule has 0 fully saturated rings. The number of benzene rings is 1. The Kier molecular flexibility index (Phi) is 4.21. The molecule has 0 saturated heterocycles. The van der Waals surface area contributed by atoms with E-state index in [0.29, 0.717) is 11.4 Å². The molecule has 106 valence electrons. The predicted octanol–water partition coefficient (Wildman–Crippen LogP) is 3.03. The lowest BCUT2D eigenvalue weighted by atomic mass is 9.86. The third kappa shape index (κ3) is 3.24. The first-order valence-corrected chi connectivity index (χ1v) is 6.76. The van der Waals surface area contributed by atoms with Crippen molar-refractivity contribution in [3.63, 3.8) is 0 Å². The Bertz CT molecular complexity index is 561. The van der Waals surface area contributed by atoms with E-state index in [-0.39, 0.29) is 18.6 Å². The van der Waals surface area contributed by atoms with Gasteiger partial charge in [-0.1, -0.05) is 45.0 Å². The molecule has 0 atom stereocenters. The van der Waals surface area contributed by atoms with E-state index < -0.39 is 0 Å². The Balaban J connectivity index is 2.41. The van der Waals surface area contributed by atoms with Gasteiger partial charge in [0.1, 0.15) is 0 Å². The highest BCUT2D eigenvalue weighted by molar-refractivity contribution is 5.64. The van der Waals surface area contributed by atoms with Gasteiger partial charge in [-0.05, 0) is 34.2 Å². The maximum atomic E-state index is 9.24. The van der Waals surface area contributed by atoms with Gasteiger partial charge >= 0.3 is 0 Å². The molecule has 1 aromatic heterocycles. The van der Waals surface area contributed by atoms with E-state index in [9.17, 15) is 10.2 Å². The summed E-state index contributed by atoms with van der Waals surface area (Å²) in [6.07, 6.45) is 0. The monoisotopic (exact) mass is 271 g/mol. The Morgan fingerprint density at radius 3 is 1.75 bits per heavy atom. The molecule has 2 rings (SSSR count). The molecule has 3 heteroatoms. The zero-order valence-corrected chi connectivity index (χ0v) is 12.2. The molecule has 0 bridgehead atoms. The summed E-state index contributed by atoms with van der Waals surface area (Å²) in [6.45, 7) is 6.30. The standard InChI is InChI=1S/C17H21NO2/c1-17(2,3)14-6-4-12(5-7-14)13-8-15(10-19)18-16(9-13)11-20/h4-9,19-20H,10-11H2,1-3H3. The van der Waals surface area contributed by atoms with Gasteiger partial charge in [-0.25, -0.2) is 0 Å². The van der Waals surface area contributed by atoms with Crippen molar-refractivity contribution in [1.82, 2.24) is 4.98 Å². The molecule has 0 aliphatic carbocycles. The summed E-state index contributed by atoms with van der Waals surface area (Å²) >= 11 is 0. The first-order valence-electron chi connectivity index (χ1n) is 6.76. The van der Waals surface area contributed by atoms with E-state index >= 15 is 0 Å². The number of hydrogen-bond acceptors (Lipinski definition) is 3. The van der Waals surface area contributed by atoms with Crippen LogP contribution < -0.4 is 0 Å². The van der Waals surface area contributed by atoms with Crippen LogP contribution >= 0.6 is 0 Å². The molecule has 0 aliphatic rings. The Morgan fingerprint density at radius 2 is 1.35 bits per heavy atom. The molecular formula is C17H21NO2. The van der Waals surface area contributed by atoms with Gasteiger partial charge in [-0.3, -0.25) is 4.98 Å². The smallest absolute Gasteiger partial charge is 0.0853 e.